The summed E-state index contributed by atoms with van der Waals surface area (Å²) in [5.41, 5.74) is 2.03. The van der Waals surface area contributed by atoms with E-state index < -0.39 is 0 Å². The fraction of sp³-hybridized carbons (Fsp3) is 0.733. The molecule has 1 aliphatic rings. The van der Waals surface area contributed by atoms with E-state index in [4.69, 9.17) is 11.6 Å². The first kappa shape index (κ1) is 15.5. The van der Waals surface area contributed by atoms with Crippen LogP contribution in [0.1, 0.15) is 44.1 Å². The van der Waals surface area contributed by atoms with Crippen LogP contribution in [0.25, 0.3) is 0 Å². The normalized spacial score (nSPS) is 17.7. The number of halogens is 1. The van der Waals surface area contributed by atoms with Gasteiger partial charge in [0.15, 0.2) is 0 Å². The third-order valence-electron chi connectivity index (χ3n) is 4.12. The zero-order valence-electron chi connectivity index (χ0n) is 12.9. The summed E-state index contributed by atoms with van der Waals surface area (Å²) in [5, 5.41) is 0. The molecule has 0 saturated carbocycles. The lowest BCUT2D eigenvalue weighted by Gasteiger charge is -2.36. The van der Waals surface area contributed by atoms with E-state index >= 15 is 0 Å². The molecule has 0 atom stereocenters. The van der Waals surface area contributed by atoms with Gasteiger partial charge in [-0.25, -0.2) is 9.97 Å². The van der Waals surface area contributed by atoms with Crippen LogP contribution in [0.4, 0.5) is 5.69 Å². The van der Waals surface area contributed by atoms with Gasteiger partial charge in [-0.15, -0.1) is 11.6 Å². The van der Waals surface area contributed by atoms with Gasteiger partial charge in [0.05, 0.1) is 23.5 Å². The number of alkyl halides is 1. The van der Waals surface area contributed by atoms with Crippen LogP contribution in [-0.2, 0) is 5.88 Å². The molecule has 20 heavy (non-hydrogen) atoms. The summed E-state index contributed by atoms with van der Waals surface area (Å²) < 4.78 is 0. The van der Waals surface area contributed by atoms with Crippen molar-refractivity contribution in [1.82, 2.24) is 14.9 Å². The van der Waals surface area contributed by atoms with Crippen molar-refractivity contribution in [2.24, 2.45) is 0 Å². The fourth-order valence-corrected chi connectivity index (χ4v) is 2.87. The summed E-state index contributed by atoms with van der Waals surface area (Å²) in [6.45, 7) is 6.51. The molecule has 2 rings (SSSR count). The van der Waals surface area contributed by atoms with Crippen molar-refractivity contribution in [2.75, 3.05) is 32.1 Å². The Kier molecular flexibility index (Phi) is 5.22. The monoisotopic (exact) mass is 296 g/mol. The van der Waals surface area contributed by atoms with Gasteiger partial charge in [-0.2, -0.15) is 0 Å². The Morgan fingerprint density at radius 2 is 2.05 bits per heavy atom. The molecule has 4 nitrogen and oxygen atoms in total. The van der Waals surface area contributed by atoms with Crippen molar-refractivity contribution in [3.05, 3.63) is 17.7 Å². The summed E-state index contributed by atoms with van der Waals surface area (Å²) in [7, 11) is 4.32. The molecule has 5 heteroatoms. The Labute approximate surface area is 127 Å². The highest BCUT2D eigenvalue weighted by Crippen LogP contribution is 2.26. The standard InChI is InChI=1S/C15H25ClN4/c1-11(2)15-17-10-14(13(9-16)18-15)20(4)12-5-7-19(3)8-6-12/h10-12H,5-9H2,1-4H3. The maximum atomic E-state index is 6.09. The van der Waals surface area contributed by atoms with Gasteiger partial charge in [0.2, 0.25) is 0 Å². The highest BCUT2D eigenvalue weighted by Gasteiger charge is 2.23. The molecule has 0 radical (unpaired) electrons. The van der Waals surface area contributed by atoms with Crippen LogP contribution in [-0.4, -0.2) is 48.1 Å². The molecule has 1 fully saturated rings. The molecular formula is C15H25ClN4. The number of likely N-dealkylation sites (tertiary alicyclic amines) is 1. The average molecular weight is 297 g/mol. The van der Waals surface area contributed by atoms with Crippen molar-refractivity contribution >= 4 is 17.3 Å². The predicted molar refractivity (Wildman–Crippen MR) is 84.6 cm³/mol. The molecule has 0 amide bonds. The lowest BCUT2D eigenvalue weighted by Crippen LogP contribution is -2.42. The lowest BCUT2D eigenvalue weighted by atomic mass is 10.0. The average Bonchev–Trinajstić information content (AvgIpc) is 2.46. The number of hydrogen-bond acceptors (Lipinski definition) is 4. The fourth-order valence-electron chi connectivity index (χ4n) is 2.68. The first-order valence-corrected chi connectivity index (χ1v) is 7.89. The summed E-state index contributed by atoms with van der Waals surface area (Å²) in [5.74, 6) is 1.65. The van der Waals surface area contributed by atoms with E-state index in [-0.39, 0.29) is 0 Å². The summed E-state index contributed by atoms with van der Waals surface area (Å²) in [6.07, 6.45) is 4.31. The molecule has 1 aromatic rings. The predicted octanol–water partition coefficient (Wildman–Crippen LogP) is 2.87. The molecule has 0 aromatic carbocycles. The second-order valence-corrected chi connectivity index (χ2v) is 6.26. The Morgan fingerprint density at radius 3 is 2.60 bits per heavy atom. The second-order valence-electron chi connectivity index (χ2n) is 5.99. The van der Waals surface area contributed by atoms with Crippen molar-refractivity contribution in [3.63, 3.8) is 0 Å². The maximum absolute atomic E-state index is 6.09. The number of anilines is 1. The smallest absolute Gasteiger partial charge is 0.131 e. The van der Waals surface area contributed by atoms with Gasteiger partial charge in [-0.1, -0.05) is 13.8 Å². The zero-order chi connectivity index (χ0) is 14.7. The first-order valence-electron chi connectivity index (χ1n) is 7.36. The van der Waals surface area contributed by atoms with Crippen LogP contribution in [0.15, 0.2) is 6.20 Å². The molecule has 1 saturated heterocycles. The van der Waals surface area contributed by atoms with Crippen molar-refractivity contribution in [3.8, 4) is 0 Å². The van der Waals surface area contributed by atoms with E-state index in [1.807, 2.05) is 6.20 Å². The molecule has 0 bridgehead atoms. The lowest BCUT2D eigenvalue weighted by molar-refractivity contribution is 0.252. The van der Waals surface area contributed by atoms with E-state index in [1.165, 1.54) is 12.8 Å². The van der Waals surface area contributed by atoms with Gasteiger partial charge < -0.3 is 9.80 Å². The number of rotatable bonds is 4. The minimum absolute atomic E-state index is 0.333. The van der Waals surface area contributed by atoms with Crippen molar-refractivity contribution < 1.29 is 0 Å². The largest absolute Gasteiger partial charge is 0.369 e. The second kappa shape index (κ2) is 6.72. The highest BCUT2D eigenvalue weighted by atomic mass is 35.5. The summed E-state index contributed by atoms with van der Waals surface area (Å²) in [4.78, 5) is 13.8. The topological polar surface area (TPSA) is 32.3 Å². The minimum atomic E-state index is 0.333. The Hall–Kier alpha value is -0.870. The quantitative estimate of drug-likeness (QED) is 0.800. The molecule has 112 valence electrons. The molecule has 0 N–H and O–H groups in total. The Balaban J connectivity index is 2.18. The van der Waals surface area contributed by atoms with Gasteiger partial charge in [0.1, 0.15) is 5.82 Å². The third-order valence-corrected chi connectivity index (χ3v) is 4.38. The highest BCUT2D eigenvalue weighted by molar-refractivity contribution is 6.17. The first-order chi connectivity index (χ1) is 9.52. The molecule has 0 aliphatic carbocycles. The van der Waals surface area contributed by atoms with Gasteiger partial charge in [-0.05, 0) is 33.0 Å². The van der Waals surface area contributed by atoms with Crippen LogP contribution in [0, 0.1) is 0 Å². The zero-order valence-corrected chi connectivity index (χ0v) is 13.7. The van der Waals surface area contributed by atoms with Gasteiger partial charge >= 0.3 is 0 Å². The van der Waals surface area contributed by atoms with E-state index in [1.54, 1.807) is 0 Å². The Bertz CT molecular complexity index is 441. The van der Waals surface area contributed by atoms with E-state index in [9.17, 15) is 0 Å². The summed E-state index contributed by atoms with van der Waals surface area (Å²) in [6, 6.07) is 0.557. The third kappa shape index (κ3) is 3.41. The van der Waals surface area contributed by atoms with Crippen molar-refractivity contribution in [2.45, 2.75) is 44.5 Å². The van der Waals surface area contributed by atoms with Gasteiger partial charge in [-0.3, -0.25) is 0 Å². The molecular weight excluding hydrogens is 272 g/mol. The minimum Gasteiger partial charge on any atom is -0.369 e. The molecule has 0 spiro atoms. The van der Waals surface area contributed by atoms with Crippen LogP contribution in [0.3, 0.4) is 0 Å². The van der Waals surface area contributed by atoms with Crippen LogP contribution in [0.5, 0.6) is 0 Å². The number of aromatic nitrogens is 2. The summed E-state index contributed by atoms with van der Waals surface area (Å²) >= 11 is 6.09. The van der Waals surface area contributed by atoms with Crippen molar-refractivity contribution in [1.29, 1.82) is 0 Å². The van der Waals surface area contributed by atoms with E-state index in [0.29, 0.717) is 17.8 Å². The van der Waals surface area contributed by atoms with E-state index in [0.717, 1.165) is 30.3 Å². The van der Waals surface area contributed by atoms with Crippen LogP contribution < -0.4 is 4.90 Å². The van der Waals surface area contributed by atoms with Crippen LogP contribution >= 0.6 is 11.6 Å². The van der Waals surface area contributed by atoms with E-state index in [2.05, 4.69) is 47.7 Å². The van der Waals surface area contributed by atoms with Gasteiger partial charge in [0, 0.05) is 19.0 Å². The number of piperidine rings is 1. The SMILES string of the molecule is CC(C)c1ncc(N(C)C2CCN(C)CC2)c(CCl)n1. The molecule has 2 heterocycles. The number of hydrogen-bond donors (Lipinski definition) is 0. The molecule has 0 unspecified atom stereocenters. The molecule has 1 aliphatic heterocycles. The number of nitrogens with zero attached hydrogens (tertiary/aromatic N) is 4. The maximum Gasteiger partial charge on any atom is 0.131 e. The molecule has 1 aromatic heterocycles. The van der Waals surface area contributed by atoms with Gasteiger partial charge in [0.25, 0.3) is 0 Å². The van der Waals surface area contributed by atoms with Crippen LogP contribution in [0.2, 0.25) is 0 Å². The Morgan fingerprint density at radius 1 is 1.40 bits per heavy atom.